The van der Waals surface area contributed by atoms with Gasteiger partial charge in [0.25, 0.3) is 0 Å². The highest BCUT2D eigenvalue weighted by Gasteiger charge is 2.27. The number of nitrogens with one attached hydrogen (secondary N) is 1. The van der Waals surface area contributed by atoms with Crippen molar-refractivity contribution >= 4 is 49.1 Å². The minimum absolute atomic E-state index is 0.0115. The number of methoxy groups -OCH3 is 2. The van der Waals surface area contributed by atoms with E-state index in [1.54, 1.807) is 30.3 Å². The molecule has 0 aromatic heterocycles. The fourth-order valence-corrected chi connectivity index (χ4v) is 4.82. The number of halogens is 2. The molecule has 1 amide bonds. The molecule has 0 atom stereocenters. The van der Waals surface area contributed by atoms with Crippen molar-refractivity contribution in [1.82, 2.24) is 4.31 Å². The molecule has 0 aliphatic heterocycles. The summed E-state index contributed by atoms with van der Waals surface area (Å²) in [4.78, 5) is 12.9. The summed E-state index contributed by atoms with van der Waals surface area (Å²) in [7, 11) is -0.980. The van der Waals surface area contributed by atoms with E-state index in [-0.39, 0.29) is 11.4 Å². The van der Waals surface area contributed by atoms with E-state index in [9.17, 15) is 13.2 Å². The number of sulfonamides is 1. The third-order valence-electron chi connectivity index (χ3n) is 4.71. The summed E-state index contributed by atoms with van der Waals surface area (Å²) in [6, 6.07) is 17.9. The number of rotatable bonds is 9. The van der Waals surface area contributed by atoms with E-state index in [4.69, 9.17) is 21.1 Å². The van der Waals surface area contributed by atoms with Crippen LogP contribution in [-0.4, -0.2) is 39.4 Å². The average Bonchev–Trinajstić information content (AvgIpc) is 2.80. The van der Waals surface area contributed by atoms with Crippen LogP contribution in [-0.2, 0) is 21.4 Å². The molecule has 3 aromatic carbocycles. The van der Waals surface area contributed by atoms with Gasteiger partial charge in [0.05, 0.1) is 25.7 Å². The number of carbonyl (C=O) groups is 1. The summed E-state index contributed by atoms with van der Waals surface area (Å²) in [6.45, 7) is -0.382. The Morgan fingerprint density at radius 3 is 2.21 bits per heavy atom. The van der Waals surface area contributed by atoms with Crippen LogP contribution < -0.4 is 14.8 Å². The highest BCUT2D eigenvalue weighted by molar-refractivity contribution is 9.10. The predicted octanol–water partition coefficient (Wildman–Crippen LogP) is 4.95. The second-order valence-corrected chi connectivity index (χ2v) is 10.3. The zero-order valence-electron chi connectivity index (χ0n) is 17.9. The molecule has 0 unspecified atom stereocenters. The molecule has 3 rings (SSSR count). The van der Waals surface area contributed by atoms with Crippen molar-refractivity contribution in [3.8, 4) is 11.5 Å². The lowest BCUT2D eigenvalue weighted by molar-refractivity contribution is -0.116. The fraction of sp³-hybridized carbons (Fsp3) is 0.174. The molecule has 33 heavy (non-hydrogen) atoms. The molecule has 0 aliphatic carbocycles. The van der Waals surface area contributed by atoms with E-state index < -0.39 is 22.5 Å². The van der Waals surface area contributed by atoms with Gasteiger partial charge in [0.1, 0.15) is 0 Å². The zero-order chi connectivity index (χ0) is 24.0. The van der Waals surface area contributed by atoms with Crippen molar-refractivity contribution in [2.24, 2.45) is 0 Å². The maximum absolute atomic E-state index is 13.3. The van der Waals surface area contributed by atoms with E-state index in [1.165, 1.54) is 38.5 Å². The van der Waals surface area contributed by atoms with Gasteiger partial charge in [0.15, 0.2) is 11.5 Å². The number of hydrogen-bond donors (Lipinski definition) is 1. The number of carbonyl (C=O) groups excluding carboxylic acids is 1. The minimum Gasteiger partial charge on any atom is -0.493 e. The number of amides is 1. The van der Waals surface area contributed by atoms with Gasteiger partial charge in [0.2, 0.25) is 15.9 Å². The molecule has 0 fully saturated rings. The van der Waals surface area contributed by atoms with Crippen LogP contribution in [0.15, 0.2) is 76.1 Å². The standard InChI is InChI=1S/C23H22BrClN2O5S/c1-31-21-12-9-19(13-22(21)32-2)26-23(28)15-27(14-16-3-5-17(24)6-4-16)33(29,30)20-10-7-18(25)8-11-20/h3-13H,14-15H2,1-2H3,(H,26,28). The second kappa shape index (κ2) is 11.0. The van der Waals surface area contributed by atoms with Crippen LogP contribution in [0.1, 0.15) is 5.56 Å². The van der Waals surface area contributed by atoms with Gasteiger partial charge in [-0.2, -0.15) is 4.31 Å². The SMILES string of the molecule is COc1ccc(NC(=O)CN(Cc2ccc(Br)cc2)S(=O)(=O)c2ccc(Cl)cc2)cc1OC. The molecule has 7 nitrogen and oxygen atoms in total. The van der Waals surface area contributed by atoms with Crippen molar-refractivity contribution in [2.45, 2.75) is 11.4 Å². The van der Waals surface area contributed by atoms with Crippen LogP contribution in [0.25, 0.3) is 0 Å². The summed E-state index contributed by atoms with van der Waals surface area (Å²) in [5.74, 6) is 0.449. The van der Waals surface area contributed by atoms with Crippen LogP contribution in [0.4, 0.5) is 5.69 Å². The van der Waals surface area contributed by atoms with Crippen molar-refractivity contribution in [3.63, 3.8) is 0 Å². The third-order valence-corrected chi connectivity index (χ3v) is 7.30. The van der Waals surface area contributed by atoms with Gasteiger partial charge in [-0.1, -0.05) is 39.7 Å². The Hall–Kier alpha value is -2.59. The Morgan fingerprint density at radius 2 is 1.61 bits per heavy atom. The van der Waals surface area contributed by atoms with Gasteiger partial charge in [-0.15, -0.1) is 0 Å². The number of anilines is 1. The summed E-state index contributed by atoms with van der Waals surface area (Å²) in [5, 5.41) is 3.13. The van der Waals surface area contributed by atoms with Crippen LogP contribution >= 0.6 is 27.5 Å². The van der Waals surface area contributed by atoms with Crippen molar-refractivity contribution < 1.29 is 22.7 Å². The predicted molar refractivity (Wildman–Crippen MR) is 131 cm³/mol. The molecule has 10 heteroatoms. The first-order valence-electron chi connectivity index (χ1n) is 9.75. The molecule has 0 spiro atoms. The van der Waals surface area contributed by atoms with E-state index in [2.05, 4.69) is 21.2 Å². The van der Waals surface area contributed by atoms with E-state index in [0.717, 1.165) is 14.3 Å². The van der Waals surface area contributed by atoms with E-state index >= 15 is 0 Å². The number of benzene rings is 3. The number of hydrogen-bond acceptors (Lipinski definition) is 5. The largest absolute Gasteiger partial charge is 0.493 e. The fourth-order valence-electron chi connectivity index (χ4n) is 3.05. The van der Waals surface area contributed by atoms with E-state index in [1.807, 2.05) is 12.1 Å². The van der Waals surface area contributed by atoms with Crippen molar-refractivity contribution in [1.29, 1.82) is 0 Å². The highest BCUT2D eigenvalue weighted by atomic mass is 79.9. The normalized spacial score (nSPS) is 11.3. The van der Waals surface area contributed by atoms with Gasteiger partial charge < -0.3 is 14.8 Å². The number of ether oxygens (including phenoxy) is 2. The quantitative estimate of drug-likeness (QED) is 0.405. The topological polar surface area (TPSA) is 84.9 Å². The van der Waals surface area contributed by atoms with Gasteiger partial charge >= 0.3 is 0 Å². The number of nitrogens with zero attached hydrogens (tertiary/aromatic N) is 1. The summed E-state index contributed by atoms with van der Waals surface area (Å²) in [5.41, 5.74) is 1.18. The molecule has 0 radical (unpaired) electrons. The van der Waals surface area contributed by atoms with Crippen molar-refractivity contribution in [3.05, 3.63) is 81.8 Å². The van der Waals surface area contributed by atoms with E-state index in [0.29, 0.717) is 22.2 Å². The van der Waals surface area contributed by atoms with Gasteiger partial charge in [-0.25, -0.2) is 8.42 Å². The van der Waals surface area contributed by atoms with Crippen LogP contribution in [0.3, 0.4) is 0 Å². The molecule has 0 bridgehead atoms. The third kappa shape index (κ3) is 6.48. The zero-order valence-corrected chi connectivity index (χ0v) is 21.1. The lowest BCUT2D eigenvalue weighted by atomic mass is 10.2. The Balaban J connectivity index is 1.86. The molecule has 0 saturated heterocycles. The molecule has 0 saturated carbocycles. The lowest BCUT2D eigenvalue weighted by Gasteiger charge is -2.22. The summed E-state index contributed by atoms with van der Waals surface area (Å²) < 4.78 is 39.1. The average molecular weight is 554 g/mol. The summed E-state index contributed by atoms with van der Waals surface area (Å²) >= 11 is 9.28. The molecule has 3 aromatic rings. The molecule has 0 aliphatic rings. The van der Waals surface area contributed by atoms with Crippen LogP contribution in [0.2, 0.25) is 5.02 Å². The Morgan fingerprint density at radius 1 is 0.970 bits per heavy atom. The van der Waals surface area contributed by atoms with Gasteiger partial charge in [-0.3, -0.25) is 4.79 Å². The minimum atomic E-state index is -3.98. The van der Waals surface area contributed by atoms with Crippen LogP contribution in [0.5, 0.6) is 11.5 Å². The van der Waals surface area contributed by atoms with Crippen molar-refractivity contribution in [2.75, 3.05) is 26.1 Å². The first kappa shape index (κ1) is 25.0. The molecular formula is C23H22BrClN2O5S. The second-order valence-electron chi connectivity index (χ2n) is 6.97. The first-order valence-corrected chi connectivity index (χ1v) is 12.4. The first-order chi connectivity index (χ1) is 15.7. The Bertz CT molecular complexity index is 1220. The molecule has 1 N–H and O–H groups in total. The maximum Gasteiger partial charge on any atom is 0.243 e. The van der Waals surface area contributed by atoms with Gasteiger partial charge in [-0.05, 0) is 54.1 Å². The Labute approximate surface area is 206 Å². The Kier molecular flexibility index (Phi) is 8.36. The highest BCUT2D eigenvalue weighted by Crippen LogP contribution is 2.30. The molecular weight excluding hydrogens is 532 g/mol. The van der Waals surface area contributed by atoms with Crippen LogP contribution in [0, 0.1) is 0 Å². The van der Waals surface area contributed by atoms with Gasteiger partial charge in [0, 0.05) is 27.8 Å². The molecule has 0 heterocycles. The smallest absolute Gasteiger partial charge is 0.243 e. The summed E-state index contributed by atoms with van der Waals surface area (Å²) in [6.07, 6.45) is 0. The lowest BCUT2D eigenvalue weighted by Crippen LogP contribution is -2.37. The molecule has 174 valence electrons. The monoisotopic (exact) mass is 552 g/mol. The maximum atomic E-state index is 13.3.